The molecule has 0 saturated heterocycles. The first kappa shape index (κ1) is 13.3. The van der Waals surface area contributed by atoms with Gasteiger partial charge in [0.1, 0.15) is 5.82 Å². The summed E-state index contributed by atoms with van der Waals surface area (Å²) in [4.78, 5) is 6.94. The summed E-state index contributed by atoms with van der Waals surface area (Å²) in [5, 5.41) is 10.4. The molecule has 3 rings (SSSR count). The number of aromatic nitrogens is 2. The number of nitrogens with zero attached hydrogens (tertiary/aromatic N) is 2. The molecule has 0 aliphatic rings. The van der Waals surface area contributed by atoms with E-state index in [0.29, 0.717) is 6.42 Å². The second kappa shape index (κ2) is 5.38. The first-order valence-electron chi connectivity index (χ1n) is 6.86. The highest BCUT2D eigenvalue weighted by Gasteiger charge is 2.15. The molecule has 0 amide bonds. The quantitative estimate of drug-likeness (QED) is 0.797. The van der Waals surface area contributed by atoms with E-state index in [4.69, 9.17) is 0 Å². The highest BCUT2D eigenvalue weighted by molar-refractivity contribution is 7.12. The second-order valence-corrected chi connectivity index (χ2v) is 6.15. The van der Waals surface area contributed by atoms with Gasteiger partial charge in [-0.25, -0.2) is 4.98 Å². The van der Waals surface area contributed by atoms with Gasteiger partial charge in [0.15, 0.2) is 0 Å². The molecule has 3 nitrogen and oxygen atoms in total. The lowest BCUT2D eigenvalue weighted by Crippen LogP contribution is -2.05. The Labute approximate surface area is 122 Å². The summed E-state index contributed by atoms with van der Waals surface area (Å²) in [6, 6.07) is 12.2. The minimum atomic E-state index is -0.476. The van der Waals surface area contributed by atoms with Crippen molar-refractivity contribution in [2.45, 2.75) is 25.9 Å². The predicted molar refractivity (Wildman–Crippen MR) is 83.1 cm³/mol. The lowest BCUT2D eigenvalue weighted by Gasteiger charge is -2.08. The van der Waals surface area contributed by atoms with E-state index in [9.17, 15) is 5.11 Å². The number of para-hydroxylation sites is 2. The van der Waals surface area contributed by atoms with Crippen LogP contribution in [0.5, 0.6) is 0 Å². The number of aryl methyl sites for hydroxylation is 2. The molecule has 0 spiro atoms. The maximum absolute atomic E-state index is 10.4. The van der Waals surface area contributed by atoms with Crippen LogP contribution >= 0.6 is 11.3 Å². The van der Waals surface area contributed by atoms with Crippen molar-refractivity contribution in [1.82, 2.24) is 9.55 Å². The normalized spacial score (nSPS) is 12.9. The fourth-order valence-corrected chi connectivity index (χ4v) is 3.35. The average molecular weight is 286 g/mol. The number of aliphatic hydroxyl groups is 1. The number of benzene rings is 1. The molecule has 0 aliphatic carbocycles. The van der Waals surface area contributed by atoms with Gasteiger partial charge in [-0.2, -0.15) is 0 Å². The van der Waals surface area contributed by atoms with Crippen LogP contribution in [-0.4, -0.2) is 14.7 Å². The molecule has 0 aliphatic heterocycles. The Bertz CT molecular complexity index is 729. The Morgan fingerprint density at radius 3 is 2.75 bits per heavy atom. The van der Waals surface area contributed by atoms with Crippen LogP contribution in [0.2, 0.25) is 0 Å². The second-order valence-electron chi connectivity index (χ2n) is 4.95. The minimum Gasteiger partial charge on any atom is -0.387 e. The van der Waals surface area contributed by atoms with Gasteiger partial charge in [-0.15, -0.1) is 11.3 Å². The van der Waals surface area contributed by atoms with Crippen molar-refractivity contribution >= 4 is 22.4 Å². The summed E-state index contributed by atoms with van der Waals surface area (Å²) in [6.45, 7) is 2.13. The molecule has 2 aromatic heterocycles. The topological polar surface area (TPSA) is 38.1 Å². The largest absolute Gasteiger partial charge is 0.387 e. The van der Waals surface area contributed by atoms with E-state index < -0.39 is 6.10 Å². The molecule has 0 radical (unpaired) electrons. The summed E-state index contributed by atoms with van der Waals surface area (Å²) in [5.74, 6) is 0.921. The lowest BCUT2D eigenvalue weighted by atomic mass is 10.2. The number of aliphatic hydroxyl groups excluding tert-OH is 1. The number of hydrogen-bond acceptors (Lipinski definition) is 3. The van der Waals surface area contributed by atoms with Crippen LogP contribution in [0, 0.1) is 0 Å². The van der Waals surface area contributed by atoms with E-state index in [2.05, 4.69) is 28.6 Å². The molecule has 104 valence electrons. The molecule has 0 bridgehead atoms. The Balaban J connectivity index is 1.87. The summed E-state index contributed by atoms with van der Waals surface area (Å²) < 4.78 is 2.06. The van der Waals surface area contributed by atoms with Crippen molar-refractivity contribution in [2.75, 3.05) is 0 Å². The SMILES string of the molecule is CCc1ccc(C(O)Cc2nc3ccccc3n2C)s1. The first-order valence-corrected chi connectivity index (χ1v) is 7.67. The number of fused-ring (bicyclic) bond motifs is 1. The minimum absolute atomic E-state index is 0.476. The lowest BCUT2D eigenvalue weighted by molar-refractivity contribution is 0.179. The molecule has 1 atom stereocenters. The van der Waals surface area contributed by atoms with Crippen molar-refractivity contribution in [3.8, 4) is 0 Å². The average Bonchev–Trinajstić information content (AvgIpc) is 3.05. The molecule has 3 aromatic rings. The summed E-state index contributed by atoms with van der Waals surface area (Å²) in [5.41, 5.74) is 2.09. The van der Waals surface area contributed by atoms with E-state index >= 15 is 0 Å². The number of rotatable bonds is 4. The van der Waals surface area contributed by atoms with Gasteiger partial charge >= 0.3 is 0 Å². The fourth-order valence-electron chi connectivity index (χ4n) is 2.42. The van der Waals surface area contributed by atoms with Gasteiger partial charge in [0.25, 0.3) is 0 Å². The molecule has 0 saturated carbocycles. The van der Waals surface area contributed by atoms with E-state index in [1.165, 1.54) is 4.88 Å². The zero-order chi connectivity index (χ0) is 14.1. The van der Waals surface area contributed by atoms with Crippen molar-refractivity contribution in [1.29, 1.82) is 0 Å². The van der Waals surface area contributed by atoms with Gasteiger partial charge in [-0.1, -0.05) is 19.1 Å². The monoisotopic (exact) mass is 286 g/mol. The summed E-state index contributed by atoms with van der Waals surface area (Å²) in [6.07, 6.45) is 1.09. The Morgan fingerprint density at radius 1 is 1.25 bits per heavy atom. The molecule has 1 unspecified atom stereocenters. The van der Waals surface area contributed by atoms with E-state index in [1.807, 2.05) is 31.3 Å². The maximum Gasteiger partial charge on any atom is 0.112 e. The Hall–Kier alpha value is -1.65. The van der Waals surface area contributed by atoms with Crippen LogP contribution in [-0.2, 0) is 19.9 Å². The Morgan fingerprint density at radius 2 is 2.05 bits per heavy atom. The maximum atomic E-state index is 10.4. The molecule has 4 heteroatoms. The van der Waals surface area contributed by atoms with Gasteiger partial charge < -0.3 is 9.67 Å². The highest BCUT2D eigenvalue weighted by Crippen LogP contribution is 2.27. The number of thiophene rings is 1. The predicted octanol–water partition coefficient (Wildman–Crippen LogP) is 3.47. The van der Waals surface area contributed by atoms with Crippen LogP contribution < -0.4 is 0 Å². The molecular formula is C16H18N2OS. The summed E-state index contributed by atoms with van der Waals surface area (Å²) >= 11 is 1.69. The molecule has 1 N–H and O–H groups in total. The Kier molecular flexibility index (Phi) is 3.59. The van der Waals surface area contributed by atoms with Crippen LogP contribution in [0.1, 0.15) is 28.6 Å². The molecule has 20 heavy (non-hydrogen) atoms. The molecule has 0 fully saturated rings. The standard InChI is InChI=1S/C16H18N2OS/c1-3-11-8-9-15(20-11)14(19)10-16-17-12-6-4-5-7-13(12)18(16)2/h4-9,14,19H,3,10H2,1-2H3. The van der Waals surface area contributed by atoms with Crippen LogP contribution in [0.3, 0.4) is 0 Å². The molecular weight excluding hydrogens is 268 g/mol. The zero-order valence-electron chi connectivity index (χ0n) is 11.7. The van der Waals surface area contributed by atoms with Crippen molar-refractivity contribution in [2.24, 2.45) is 7.05 Å². The third kappa shape index (κ3) is 2.37. The van der Waals surface area contributed by atoms with Gasteiger partial charge in [0.05, 0.1) is 17.1 Å². The van der Waals surface area contributed by atoms with Crippen LogP contribution in [0.15, 0.2) is 36.4 Å². The van der Waals surface area contributed by atoms with Crippen LogP contribution in [0.4, 0.5) is 0 Å². The fraction of sp³-hybridized carbons (Fsp3) is 0.312. The van der Waals surface area contributed by atoms with Gasteiger partial charge in [-0.05, 0) is 30.7 Å². The van der Waals surface area contributed by atoms with Crippen molar-refractivity contribution < 1.29 is 5.11 Å². The number of hydrogen-bond donors (Lipinski definition) is 1. The zero-order valence-corrected chi connectivity index (χ0v) is 12.5. The number of imidazole rings is 1. The smallest absolute Gasteiger partial charge is 0.112 e. The third-order valence-corrected chi connectivity index (χ3v) is 4.95. The molecule has 1 aromatic carbocycles. The third-order valence-electron chi connectivity index (χ3n) is 3.62. The van der Waals surface area contributed by atoms with E-state index in [-0.39, 0.29) is 0 Å². The van der Waals surface area contributed by atoms with Crippen LogP contribution in [0.25, 0.3) is 11.0 Å². The van der Waals surface area contributed by atoms with E-state index in [1.54, 1.807) is 11.3 Å². The van der Waals surface area contributed by atoms with Crippen molar-refractivity contribution in [3.63, 3.8) is 0 Å². The first-order chi connectivity index (χ1) is 9.69. The summed E-state index contributed by atoms with van der Waals surface area (Å²) in [7, 11) is 2.00. The van der Waals surface area contributed by atoms with Gasteiger partial charge in [0, 0.05) is 23.2 Å². The van der Waals surface area contributed by atoms with Gasteiger partial charge in [0.2, 0.25) is 0 Å². The van der Waals surface area contributed by atoms with E-state index in [0.717, 1.165) is 28.2 Å². The highest BCUT2D eigenvalue weighted by atomic mass is 32.1. The van der Waals surface area contributed by atoms with Crippen molar-refractivity contribution in [3.05, 3.63) is 52.0 Å². The molecule has 2 heterocycles. The van der Waals surface area contributed by atoms with Gasteiger partial charge in [-0.3, -0.25) is 0 Å².